The molecule has 1 saturated heterocycles. The third kappa shape index (κ3) is 2.12. The van der Waals surface area contributed by atoms with Crippen molar-refractivity contribution in [3.05, 3.63) is 11.7 Å². The Morgan fingerprint density at radius 2 is 2.23 bits per heavy atom. The lowest BCUT2D eigenvalue weighted by Gasteiger charge is -2.18. The van der Waals surface area contributed by atoms with Crippen LogP contribution in [0.1, 0.15) is 20.3 Å². The van der Waals surface area contributed by atoms with Gasteiger partial charge < -0.3 is 0 Å². The molecule has 1 heterocycles. The lowest BCUT2D eigenvalue weighted by molar-refractivity contribution is -0.121. The Bertz CT molecular complexity index is 246. The van der Waals surface area contributed by atoms with Gasteiger partial charge in [-0.25, -0.2) is 0 Å². The van der Waals surface area contributed by atoms with Crippen molar-refractivity contribution in [3.63, 3.8) is 0 Å². The Morgan fingerprint density at radius 3 is 2.54 bits per heavy atom. The van der Waals surface area contributed by atoms with Crippen molar-refractivity contribution < 1.29 is 13.6 Å². The normalized spacial score (nSPS) is 23.7. The lowest BCUT2D eigenvalue weighted by Crippen LogP contribution is -2.34. The van der Waals surface area contributed by atoms with E-state index in [0.717, 1.165) is 0 Å². The molecular weight excluding hydrogens is 176 g/mol. The van der Waals surface area contributed by atoms with Crippen LogP contribution in [0.15, 0.2) is 11.7 Å². The van der Waals surface area contributed by atoms with Gasteiger partial charge >= 0.3 is 0 Å². The van der Waals surface area contributed by atoms with Crippen molar-refractivity contribution in [2.24, 2.45) is 0 Å². The number of halogens is 2. The van der Waals surface area contributed by atoms with Gasteiger partial charge in [0, 0.05) is 12.1 Å². The van der Waals surface area contributed by atoms with Gasteiger partial charge in [0.1, 0.15) is 5.78 Å². The predicted molar refractivity (Wildman–Crippen MR) is 45.6 cm³/mol. The van der Waals surface area contributed by atoms with Gasteiger partial charge in [-0.2, -0.15) is 8.78 Å². The van der Waals surface area contributed by atoms with Crippen molar-refractivity contribution in [2.45, 2.75) is 26.3 Å². The molecule has 1 aliphatic rings. The largest absolute Gasteiger partial charge is 0.298 e. The molecule has 0 unspecified atom stereocenters. The zero-order chi connectivity index (χ0) is 10.0. The van der Waals surface area contributed by atoms with Crippen LogP contribution in [0.5, 0.6) is 0 Å². The first kappa shape index (κ1) is 10.3. The summed E-state index contributed by atoms with van der Waals surface area (Å²) in [6.07, 6.45) is -1.42. The molecule has 1 aliphatic heterocycles. The molecule has 0 aliphatic carbocycles. The minimum atomic E-state index is -1.62. The van der Waals surface area contributed by atoms with Crippen LogP contribution in [-0.4, -0.2) is 29.8 Å². The number of hydrogen-bond donors (Lipinski definition) is 0. The van der Waals surface area contributed by atoms with Crippen LogP contribution in [0.2, 0.25) is 0 Å². The number of carbonyl (C=O) groups is 1. The number of likely N-dealkylation sites (tertiary alicyclic amines) is 1. The van der Waals surface area contributed by atoms with Crippen molar-refractivity contribution in [2.75, 3.05) is 13.1 Å². The van der Waals surface area contributed by atoms with Gasteiger partial charge in [-0.15, -0.1) is 0 Å². The highest BCUT2D eigenvalue weighted by molar-refractivity contribution is 5.82. The first-order valence-electron chi connectivity index (χ1n) is 4.33. The van der Waals surface area contributed by atoms with Crippen LogP contribution in [-0.2, 0) is 4.79 Å². The Morgan fingerprint density at radius 1 is 1.62 bits per heavy atom. The Hall–Kier alpha value is -0.770. The van der Waals surface area contributed by atoms with E-state index >= 15 is 0 Å². The quantitative estimate of drug-likeness (QED) is 0.660. The van der Waals surface area contributed by atoms with E-state index < -0.39 is 6.08 Å². The van der Waals surface area contributed by atoms with Crippen molar-refractivity contribution in [3.8, 4) is 0 Å². The smallest absolute Gasteiger partial charge is 0.270 e. The van der Waals surface area contributed by atoms with Gasteiger partial charge in [0.15, 0.2) is 0 Å². The summed E-state index contributed by atoms with van der Waals surface area (Å²) in [5.74, 6) is -0.0295. The third-order valence-corrected chi connectivity index (χ3v) is 2.42. The second kappa shape index (κ2) is 3.96. The molecule has 0 aromatic rings. The molecule has 0 bridgehead atoms. The second-order valence-corrected chi connectivity index (χ2v) is 3.26. The molecule has 1 rings (SSSR count). The Balaban J connectivity index is 2.79. The monoisotopic (exact) mass is 189 g/mol. The first-order chi connectivity index (χ1) is 6.06. The van der Waals surface area contributed by atoms with Crippen molar-refractivity contribution in [1.82, 2.24) is 4.90 Å². The topological polar surface area (TPSA) is 20.3 Å². The summed E-state index contributed by atoms with van der Waals surface area (Å²) in [7, 11) is 0. The summed E-state index contributed by atoms with van der Waals surface area (Å²) in [4.78, 5) is 12.8. The van der Waals surface area contributed by atoms with Crippen LogP contribution in [0.3, 0.4) is 0 Å². The lowest BCUT2D eigenvalue weighted by atomic mass is 10.1. The third-order valence-electron chi connectivity index (χ3n) is 2.42. The van der Waals surface area contributed by atoms with Crippen molar-refractivity contribution in [1.29, 1.82) is 0 Å². The van der Waals surface area contributed by atoms with E-state index in [9.17, 15) is 13.6 Å². The number of carbonyl (C=O) groups excluding carboxylic acids is 1. The summed E-state index contributed by atoms with van der Waals surface area (Å²) in [5.41, 5.74) is 0.113. The molecular formula is C9H13F2NO. The summed E-state index contributed by atoms with van der Waals surface area (Å²) in [5, 5.41) is 0. The molecule has 0 radical (unpaired) electrons. The maximum absolute atomic E-state index is 12.2. The average Bonchev–Trinajstić information content (AvgIpc) is 2.47. The maximum atomic E-state index is 12.2. The van der Waals surface area contributed by atoms with E-state index in [1.807, 2.05) is 6.92 Å². The minimum Gasteiger partial charge on any atom is -0.298 e. The molecule has 1 fully saturated rings. The zero-order valence-corrected chi connectivity index (χ0v) is 7.81. The van der Waals surface area contributed by atoms with Gasteiger partial charge in [-0.1, -0.05) is 6.92 Å². The standard InChI is InChI=1S/C9H13F2NO/c1-3-12-5-7(9(10)11)4-8(12)6(2)13/h8H,3-5H2,1-2H3/t8-/m0/s1. The molecule has 0 aromatic carbocycles. The van der Waals surface area contributed by atoms with Crippen LogP contribution in [0.25, 0.3) is 0 Å². The van der Waals surface area contributed by atoms with E-state index in [-0.39, 0.29) is 30.4 Å². The highest BCUT2D eigenvalue weighted by Gasteiger charge is 2.32. The number of nitrogens with zero attached hydrogens (tertiary/aromatic N) is 1. The molecule has 0 aromatic heterocycles. The zero-order valence-electron chi connectivity index (χ0n) is 7.81. The molecule has 0 N–H and O–H groups in total. The molecule has 0 spiro atoms. The highest BCUT2D eigenvalue weighted by atomic mass is 19.3. The number of rotatable bonds is 2. The highest BCUT2D eigenvalue weighted by Crippen LogP contribution is 2.26. The molecule has 0 amide bonds. The van der Waals surface area contributed by atoms with Gasteiger partial charge in [0.05, 0.1) is 6.04 Å². The van der Waals surface area contributed by atoms with Crippen LogP contribution in [0, 0.1) is 0 Å². The Labute approximate surface area is 76.2 Å². The SMILES string of the molecule is CCN1CC(=C(F)F)C[C@H]1C(C)=O. The van der Waals surface area contributed by atoms with Crippen molar-refractivity contribution >= 4 is 5.78 Å². The van der Waals surface area contributed by atoms with Crippen LogP contribution >= 0.6 is 0 Å². The first-order valence-corrected chi connectivity index (χ1v) is 4.33. The summed E-state index contributed by atoms with van der Waals surface area (Å²) < 4.78 is 24.5. The molecule has 74 valence electrons. The van der Waals surface area contributed by atoms with E-state index in [1.54, 1.807) is 4.90 Å². The van der Waals surface area contributed by atoms with E-state index in [2.05, 4.69) is 0 Å². The van der Waals surface area contributed by atoms with E-state index in [1.165, 1.54) is 6.92 Å². The summed E-state index contributed by atoms with van der Waals surface area (Å²) in [6, 6.07) is -0.332. The fourth-order valence-electron chi connectivity index (χ4n) is 1.65. The molecule has 0 saturated carbocycles. The molecule has 13 heavy (non-hydrogen) atoms. The number of ketones is 1. The summed E-state index contributed by atoms with van der Waals surface area (Å²) >= 11 is 0. The second-order valence-electron chi connectivity index (χ2n) is 3.26. The predicted octanol–water partition coefficient (Wildman–Crippen LogP) is 1.82. The molecule has 2 nitrogen and oxygen atoms in total. The summed E-state index contributed by atoms with van der Waals surface area (Å²) in [6.45, 7) is 4.20. The fraction of sp³-hybridized carbons (Fsp3) is 0.667. The van der Waals surface area contributed by atoms with E-state index in [4.69, 9.17) is 0 Å². The molecule has 4 heteroatoms. The minimum absolute atomic E-state index is 0.0295. The fourth-order valence-corrected chi connectivity index (χ4v) is 1.65. The number of Topliss-reactive ketones (excluding diaryl/α,β-unsaturated/α-hetero) is 1. The van der Waals surface area contributed by atoms with Gasteiger partial charge in [0.25, 0.3) is 6.08 Å². The van der Waals surface area contributed by atoms with Crippen LogP contribution < -0.4 is 0 Å². The molecule has 1 atom stereocenters. The number of likely N-dealkylation sites (N-methyl/N-ethyl adjacent to an activating group) is 1. The maximum Gasteiger partial charge on any atom is 0.270 e. The Kier molecular flexibility index (Phi) is 3.14. The van der Waals surface area contributed by atoms with Gasteiger partial charge in [0.2, 0.25) is 0 Å². The van der Waals surface area contributed by atoms with Crippen LogP contribution in [0.4, 0.5) is 8.78 Å². The van der Waals surface area contributed by atoms with E-state index in [0.29, 0.717) is 6.54 Å². The average molecular weight is 189 g/mol. The van der Waals surface area contributed by atoms with Gasteiger partial charge in [-0.3, -0.25) is 9.69 Å². The van der Waals surface area contributed by atoms with Gasteiger partial charge in [-0.05, 0) is 19.9 Å². The number of hydrogen-bond acceptors (Lipinski definition) is 2.